The van der Waals surface area contributed by atoms with Crippen LogP contribution in [0.15, 0.2) is 35.0 Å². The van der Waals surface area contributed by atoms with Gasteiger partial charge in [-0.3, -0.25) is 9.78 Å². The van der Waals surface area contributed by atoms with E-state index in [0.717, 1.165) is 28.4 Å². The van der Waals surface area contributed by atoms with Crippen molar-refractivity contribution >= 4 is 17.7 Å². The summed E-state index contributed by atoms with van der Waals surface area (Å²) in [6.07, 6.45) is 4.10. The minimum atomic E-state index is -0.0354. The zero-order chi connectivity index (χ0) is 14.8. The summed E-state index contributed by atoms with van der Waals surface area (Å²) in [5.74, 6) is 2.82. The van der Waals surface area contributed by atoms with Gasteiger partial charge in [-0.25, -0.2) is 0 Å². The van der Waals surface area contributed by atoms with E-state index < -0.39 is 0 Å². The number of carbonyl (C=O) groups is 1. The smallest absolute Gasteiger partial charge is 0.224 e. The van der Waals surface area contributed by atoms with Crippen molar-refractivity contribution in [3.63, 3.8) is 0 Å². The number of rotatable bonds is 3. The van der Waals surface area contributed by atoms with Crippen LogP contribution in [0, 0.1) is 13.8 Å². The molecular weight excluding hydrogens is 284 g/mol. The summed E-state index contributed by atoms with van der Waals surface area (Å²) in [5.41, 5.74) is 2.22. The molecule has 0 saturated carbocycles. The number of aromatic nitrogens is 1. The van der Waals surface area contributed by atoms with Gasteiger partial charge in [-0.2, -0.15) is 0 Å². The largest absolute Gasteiger partial charge is 0.463 e. The predicted molar refractivity (Wildman–Crippen MR) is 82.8 cm³/mol. The summed E-state index contributed by atoms with van der Waals surface area (Å²) in [6.45, 7) is 4.59. The molecule has 2 aromatic rings. The van der Waals surface area contributed by atoms with Crippen molar-refractivity contribution in [2.24, 2.45) is 0 Å². The molecule has 1 atom stereocenters. The first kappa shape index (κ1) is 14.2. The molecule has 1 aliphatic heterocycles. The Morgan fingerprint density at radius 2 is 2.14 bits per heavy atom. The molecule has 0 aliphatic carbocycles. The van der Waals surface area contributed by atoms with Crippen LogP contribution in [0.4, 0.5) is 0 Å². The van der Waals surface area contributed by atoms with E-state index >= 15 is 0 Å². The second-order valence-corrected chi connectivity index (χ2v) is 6.43. The summed E-state index contributed by atoms with van der Waals surface area (Å²) >= 11 is 1.77. The Hall–Kier alpha value is -1.75. The molecule has 3 rings (SSSR count). The lowest BCUT2D eigenvalue weighted by Gasteiger charge is -2.34. The van der Waals surface area contributed by atoms with Crippen LogP contribution in [0.5, 0.6) is 0 Å². The quantitative estimate of drug-likeness (QED) is 0.871. The van der Waals surface area contributed by atoms with Crippen molar-refractivity contribution in [2.75, 3.05) is 5.75 Å². The van der Waals surface area contributed by atoms with Gasteiger partial charge in [-0.1, -0.05) is 0 Å². The number of thioether (sulfide) groups is 1. The van der Waals surface area contributed by atoms with Crippen LogP contribution in [-0.2, 0) is 11.3 Å². The monoisotopic (exact) mass is 302 g/mol. The Morgan fingerprint density at radius 3 is 2.81 bits per heavy atom. The van der Waals surface area contributed by atoms with E-state index in [0.29, 0.717) is 13.0 Å². The summed E-state index contributed by atoms with van der Waals surface area (Å²) in [4.78, 5) is 18.3. The number of hydrogen-bond acceptors (Lipinski definition) is 4. The fourth-order valence-electron chi connectivity index (χ4n) is 2.44. The van der Waals surface area contributed by atoms with E-state index in [9.17, 15) is 4.79 Å². The number of pyridine rings is 1. The first-order chi connectivity index (χ1) is 10.1. The molecule has 1 saturated heterocycles. The minimum Gasteiger partial charge on any atom is -0.463 e. The van der Waals surface area contributed by atoms with Crippen LogP contribution < -0.4 is 0 Å². The van der Waals surface area contributed by atoms with Gasteiger partial charge in [0.05, 0.1) is 0 Å². The molecule has 0 radical (unpaired) electrons. The fourth-order valence-corrected chi connectivity index (χ4v) is 3.61. The lowest BCUT2D eigenvalue weighted by Crippen LogP contribution is -2.36. The van der Waals surface area contributed by atoms with E-state index in [4.69, 9.17) is 4.42 Å². The SMILES string of the molecule is Cc1cc(C2SCCC(=O)N2Cc2ccncc2)oc1C. The molecule has 1 unspecified atom stereocenters. The molecule has 1 amide bonds. The summed E-state index contributed by atoms with van der Waals surface area (Å²) in [6, 6.07) is 5.94. The highest BCUT2D eigenvalue weighted by molar-refractivity contribution is 7.99. The van der Waals surface area contributed by atoms with Crippen molar-refractivity contribution in [1.82, 2.24) is 9.88 Å². The molecule has 110 valence electrons. The zero-order valence-corrected chi connectivity index (χ0v) is 13.0. The van der Waals surface area contributed by atoms with Crippen molar-refractivity contribution < 1.29 is 9.21 Å². The van der Waals surface area contributed by atoms with Crippen LogP contribution in [0.2, 0.25) is 0 Å². The van der Waals surface area contributed by atoms with Gasteiger partial charge in [-0.15, -0.1) is 11.8 Å². The Kier molecular flexibility index (Phi) is 4.01. The highest BCUT2D eigenvalue weighted by Gasteiger charge is 2.32. The first-order valence-electron chi connectivity index (χ1n) is 7.02. The van der Waals surface area contributed by atoms with Gasteiger partial charge in [0, 0.05) is 31.1 Å². The first-order valence-corrected chi connectivity index (χ1v) is 8.07. The molecule has 5 heteroatoms. The van der Waals surface area contributed by atoms with Crippen molar-refractivity contribution in [3.05, 3.63) is 53.2 Å². The van der Waals surface area contributed by atoms with Gasteiger partial charge in [-0.05, 0) is 43.2 Å². The Bertz CT molecular complexity index is 619. The highest BCUT2D eigenvalue weighted by Crippen LogP contribution is 2.39. The lowest BCUT2D eigenvalue weighted by atomic mass is 10.2. The van der Waals surface area contributed by atoms with Crippen LogP contribution in [0.1, 0.15) is 34.4 Å². The number of aryl methyl sites for hydroxylation is 2. The van der Waals surface area contributed by atoms with Crippen molar-refractivity contribution in [2.45, 2.75) is 32.2 Å². The maximum atomic E-state index is 12.3. The topological polar surface area (TPSA) is 46.3 Å². The normalized spacial score (nSPS) is 19.0. The second-order valence-electron chi connectivity index (χ2n) is 5.24. The molecule has 4 nitrogen and oxygen atoms in total. The number of amides is 1. The maximum Gasteiger partial charge on any atom is 0.224 e. The van der Waals surface area contributed by atoms with E-state index in [-0.39, 0.29) is 11.3 Å². The number of hydrogen-bond donors (Lipinski definition) is 0. The Morgan fingerprint density at radius 1 is 1.38 bits per heavy atom. The van der Waals surface area contributed by atoms with Crippen LogP contribution >= 0.6 is 11.8 Å². The van der Waals surface area contributed by atoms with Gasteiger partial charge in [0.15, 0.2) is 0 Å². The zero-order valence-electron chi connectivity index (χ0n) is 12.2. The summed E-state index contributed by atoms with van der Waals surface area (Å²) < 4.78 is 5.84. The van der Waals surface area contributed by atoms with Gasteiger partial charge in [0.1, 0.15) is 16.9 Å². The van der Waals surface area contributed by atoms with E-state index in [1.165, 1.54) is 0 Å². The standard InChI is InChI=1S/C16H18N2O2S/c1-11-9-14(20-12(11)2)16-18(15(19)5-8-21-16)10-13-3-6-17-7-4-13/h3-4,6-7,9,16H,5,8,10H2,1-2H3. The number of nitrogens with zero attached hydrogens (tertiary/aromatic N) is 2. The molecule has 3 heterocycles. The van der Waals surface area contributed by atoms with Gasteiger partial charge in [0.2, 0.25) is 5.91 Å². The van der Waals surface area contributed by atoms with E-state index in [1.807, 2.05) is 36.9 Å². The van der Waals surface area contributed by atoms with Crippen LogP contribution in [-0.4, -0.2) is 21.5 Å². The highest BCUT2D eigenvalue weighted by atomic mass is 32.2. The van der Waals surface area contributed by atoms with Crippen LogP contribution in [0.25, 0.3) is 0 Å². The molecule has 0 bridgehead atoms. The van der Waals surface area contributed by atoms with Crippen LogP contribution in [0.3, 0.4) is 0 Å². The number of furan rings is 1. The van der Waals surface area contributed by atoms with Crippen molar-refractivity contribution in [1.29, 1.82) is 0 Å². The molecule has 2 aromatic heterocycles. The second kappa shape index (κ2) is 5.93. The van der Waals surface area contributed by atoms with Gasteiger partial charge >= 0.3 is 0 Å². The fraction of sp³-hybridized carbons (Fsp3) is 0.375. The van der Waals surface area contributed by atoms with Gasteiger partial charge < -0.3 is 9.32 Å². The van der Waals surface area contributed by atoms with E-state index in [1.54, 1.807) is 24.2 Å². The third-order valence-corrected chi connectivity index (χ3v) is 4.97. The molecule has 0 aromatic carbocycles. The predicted octanol–water partition coefficient (Wildman–Crippen LogP) is 3.46. The third-order valence-electron chi connectivity index (χ3n) is 3.73. The Labute approximate surface area is 128 Å². The molecular formula is C16H18N2O2S. The summed E-state index contributed by atoms with van der Waals surface area (Å²) in [7, 11) is 0. The summed E-state index contributed by atoms with van der Waals surface area (Å²) in [5, 5.41) is -0.0354. The Balaban J connectivity index is 1.87. The molecule has 21 heavy (non-hydrogen) atoms. The maximum absolute atomic E-state index is 12.3. The molecule has 0 N–H and O–H groups in total. The molecule has 0 spiro atoms. The van der Waals surface area contributed by atoms with Crippen molar-refractivity contribution in [3.8, 4) is 0 Å². The van der Waals surface area contributed by atoms with E-state index in [2.05, 4.69) is 4.98 Å². The van der Waals surface area contributed by atoms with Gasteiger partial charge in [0.25, 0.3) is 0 Å². The average Bonchev–Trinajstić information content (AvgIpc) is 2.82. The average molecular weight is 302 g/mol. The molecule has 1 aliphatic rings. The lowest BCUT2D eigenvalue weighted by molar-refractivity contribution is -0.133. The number of carbonyl (C=O) groups excluding carboxylic acids is 1. The third kappa shape index (κ3) is 2.97. The molecule has 1 fully saturated rings. The minimum absolute atomic E-state index is 0.0354.